The van der Waals surface area contributed by atoms with Crippen molar-refractivity contribution in [2.75, 3.05) is 42.4 Å². The van der Waals surface area contributed by atoms with E-state index in [1.54, 1.807) is 19.1 Å². The zero-order valence-electron chi connectivity index (χ0n) is 20.4. The number of hydrogen-bond donors (Lipinski definition) is 3. The molecule has 0 spiro atoms. The van der Waals surface area contributed by atoms with Gasteiger partial charge in [0.2, 0.25) is 5.95 Å². The van der Waals surface area contributed by atoms with Crippen molar-refractivity contribution in [3.63, 3.8) is 0 Å². The van der Waals surface area contributed by atoms with Gasteiger partial charge >= 0.3 is 5.92 Å². The average molecular weight is 505 g/mol. The number of aromatic nitrogens is 2. The number of aliphatic hydroxyl groups excluding tert-OH is 1. The number of carbonyl (C=O) groups excluding carboxylic acids is 2. The molecule has 0 saturated heterocycles. The number of nitrogens with one attached hydrogen (secondary N) is 2. The number of fused-ring (bicyclic) bond motifs is 1. The number of nitrogens with zero attached hydrogens (tertiary/aromatic N) is 4. The third kappa shape index (κ3) is 5.18. The number of benzene rings is 1. The highest BCUT2D eigenvalue weighted by Crippen LogP contribution is 2.40. The first-order chi connectivity index (χ1) is 17.1. The fraction of sp³-hybridized carbons (Fsp3) is 0.500. The molecule has 0 radical (unpaired) electrons. The molecule has 2 aromatic rings. The summed E-state index contributed by atoms with van der Waals surface area (Å²) in [6, 6.07) is 4.57. The summed E-state index contributed by atoms with van der Waals surface area (Å²) in [5, 5.41) is 15.0. The van der Waals surface area contributed by atoms with Crippen LogP contribution in [0.25, 0.3) is 0 Å². The lowest BCUT2D eigenvalue weighted by Gasteiger charge is -2.31. The van der Waals surface area contributed by atoms with Gasteiger partial charge in [-0.15, -0.1) is 0 Å². The maximum atomic E-state index is 14.8. The number of amides is 2. The number of hydrogen-bond acceptors (Lipinski definition) is 8. The second kappa shape index (κ2) is 10.2. The maximum Gasteiger partial charge on any atom is 0.342 e. The van der Waals surface area contributed by atoms with Crippen LogP contribution in [0, 0.1) is 0 Å². The zero-order chi connectivity index (χ0) is 26.0. The van der Waals surface area contributed by atoms with Gasteiger partial charge in [0.05, 0.1) is 31.6 Å². The fourth-order valence-electron chi connectivity index (χ4n) is 4.50. The van der Waals surface area contributed by atoms with E-state index in [0.29, 0.717) is 17.0 Å². The summed E-state index contributed by atoms with van der Waals surface area (Å²) >= 11 is 0. The Hall–Kier alpha value is -3.54. The standard InChI is InChI=1S/C24H30F2N6O4/c1-14(33)11-27-21(34)15-8-9-17(19(10-15)36-3)29-23-28-12-18-20(30-23)32(16-6-4-5-7-16)13-24(25,26)22(35)31(18)2/h8-10,12,14,16,33H,4-7,11,13H2,1-3H3,(H,27,34)(H,28,29,30)/t14-/m1/s1. The van der Waals surface area contributed by atoms with E-state index in [1.807, 2.05) is 0 Å². The number of aliphatic hydroxyl groups is 1. The van der Waals surface area contributed by atoms with Crippen molar-refractivity contribution in [3.8, 4) is 5.75 Å². The van der Waals surface area contributed by atoms with Crippen LogP contribution >= 0.6 is 0 Å². The molecule has 3 N–H and O–H groups in total. The summed E-state index contributed by atoms with van der Waals surface area (Å²) in [5.74, 6) is -4.49. The van der Waals surface area contributed by atoms with Crippen LogP contribution in [0.4, 0.5) is 31.9 Å². The highest BCUT2D eigenvalue weighted by atomic mass is 19.3. The first kappa shape index (κ1) is 25.5. The van der Waals surface area contributed by atoms with E-state index in [2.05, 4.69) is 20.6 Å². The second-order valence-corrected chi connectivity index (χ2v) is 9.14. The Morgan fingerprint density at radius 1 is 1.33 bits per heavy atom. The minimum atomic E-state index is -3.56. The van der Waals surface area contributed by atoms with Crippen LogP contribution in [-0.2, 0) is 4.79 Å². The largest absolute Gasteiger partial charge is 0.495 e. The van der Waals surface area contributed by atoms with Gasteiger partial charge in [0.1, 0.15) is 11.4 Å². The quantitative estimate of drug-likeness (QED) is 0.527. The molecular formula is C24H30F2N6O4. The normalized spacial score (nSPS) is 18.4. The van der Waals surface area contributed by atoms with Gasteiger partial charge in [-0.3, -0.25) is 9.59 Å². The number of halogens is 2. The van der Waals surface area contributed by atoms with Crippen LogP contribution in [0.5, 0.6) is 5.75 Å². The first-order valence-corrected chi connectivity index (χ1v) is 11.8. The van der Waals surface area contributed by atoms with Crippen LogP contribution in [0.3, 0.4) is 0 Å². The van der Waals surface area contributed by atoms with Gasteiger partial charge in [0.15, 0.2) is 5.82 Å². The van der Waals surface area contributed by atoms with Gasteiger partial charge in [-0.1, -0.05) is 12.8 Å². The molecule has 10 nitrogen and oxygen atoms in total. The van der Waals surface area contributed by atoms with Crippen molar-refractivity contribution in [1.82, 2.24) is 15.3 Å². The van der Waals surface area contributed by atoms with Crippen molar-refractivity contribution in [2.24, 2.45) is 0 Å². The summed E-state index contributed by atoms with van der Waals surface area (Å²) in [6.45, 7) is 0.929. The Bertz CT molecular complexity index is 1140. The molecule has 1 aliphatic heterocycles. The van der Waals surface area contributed by atoms with Gasteiger partial charge in [0, 0.05) is 25.2 Å². The third-order valence-electron chi connectivity index (χ3n) is 6.40. The molecule has 2 aliphatic rings. The van der Waals surface area contributed by atoms with E-state index < -0.39 is 24.5 Å². The topological polar surface area (TPSA) is 120 Å². The van der Waals surface area contributed by atoms with Gasteiger partial charge in [-0.05, 0) is 38.0 Å². The van der Waals surface area contributed by atoms with Crippen molar-refractivity contribution >= 4 is 35.0 Å². The van der Waals surface area contributed by atoms with Gasteiger partial charge in [-0.25, -0.2) is 4.98 Å². The van der Waals surface area contributed by atoms with Crippen LogP contribution in [0.1, 0.15) is 43.0 Å². The lowest BCUT2D eigenvalue weighted by Crippen LogP contribution is -2.48. The molecule has 2 heterocycles. The molecule has 1 aliphatic carbocycles. The Balaban J connectivity index is 1.65. The number of rotatable bonds is 7. The van der Waals surface area contributed by atoms with E-state index in [9.17, 15) is 23.5 Å². The Kier molecular flexibility index (Phi) is 7.25. The minimum absolute atomic E-state index is 0.109. The van der Waals surface area contributed by atoms with Crippen LogP contribution in [0.15, 0.2) is 24.4 Å². The Morgan fingerprint density at radius 3 is 2.72 bits per heavy atom. The van der Waals surface area contributed by atoms with Crippen molar-refractivity contribution in [2.45, 2.75) is 50.7 Å². The first-order valence-electron chi connectivity index (χ1n) is 11.8. The molecule has 4 rings (SSSR count). The van der Waals surface area contributed by atoms with Crippen molar-refractivity contribution < 1.29 is 28.2 Å². The average Bonchev–Trinajstić information content (AvgIpc) is 3.37. The number of carbonyl (C=O) groups is 2. The van der Waals surface area contributed by atoms with E-state index in [4.69, 9.17) is 4.74 Å². The second-order valence-electron chi connectivity index (χ2n) is 9.14. The molecule has 1 saturated carbocycles. The molecule has 1 aromatic carbocycles. The molecule has 1 atom stereocenters. The van der Waals surface area contributed by atoms with Gasteiger partial charge in [0.25, 0.3) is 11.8 Å². The molecule has 0 bridgehead atoms. The maximum absolute atomic E-state index is 14.8. The predicted molar refractivity (Wildman–Crippen MR) is 130 cm³/mol. The third-order valence-corrected chi connectivity index (χ3v) is 6.40. The Labute approximate surface area is 207 Å². The van der Waals surface area contributed by atoms with E-state index >= 15 is 0 Å². The molecular weight excluding hydrogens is 474 g/mol. The zero-order valence-corrected chi connectivity index (χ0v) is 20.4. The molecule has 0 unspecified atom stereocenters. The van der Waals surface area contributed by atoms with Gasteiger partial charge < -0.3 is 30.3 Å². The van der Waals surface area contributed by atoms with Crippen LogP contribution < -0.4 is 25.2 Å². The lowest BCUT2D eigenvalue weighted by atomic mass is 10.1. The molecule has 12 heteroatoms. The minimum Gasteiger partial charge on any atom is -0.495 e. The smallest absolute Gasteiger partial charge is 0.342 e. The molecule has 194 valence electrons. The SMILES string of the molecule is COc1cc(C(=O)NC[C@@H](C)O)ccc1Nc1ncc2c(n1)N(C1CCCC1)CC(F)(F)C(=O)N2C. The van der Waals surface area contributed by atoms with E-state index in [1.165, 1.54) is 31.3 Å². The molecule has 1 fully saturated rings. The summed E-state index contributed by atoms with van der Waals surface area (Å²) in [5.41, 5.74) is 1.00. The lowest BCUT2D eigenvalue weighted by molar-refractivity contribution is -0.140. The number of methoxy groups -OCH3 is 1. The van der Waals surface area contributed by atoms with E-state index in [0.717, 1.165) is 30.6 Å². The summed E-state index contributed by atoms with van der Waals surface area (Å²) in [4.78, 5) is 36.0. The van der Waals surface area contributed by atoms with Crippen molar-refractivity contribution in [1.29, 1.82) is 0 Å². The summed E-state index contributed by atoms with van der Waals surface area (Å²) in [6.07, 6.45) is 4.02. The molecule has 1 aromatic heterocycles. The van der Waals surface area contributed by atoms with Crippen molar-refractivity contribution in [3.05, 3.63) is 30.0 Å². The summed E-state index contributed by atoms with van der Waals surface area (Å²) in [7, 11) is 2.74. The highest BCUT2D eigenvalue weighted by molar-refractivity contribution is 6.02. The monoisotopic (exact) mass is 504 g/mol. The fourth-order valence-corrected chi connectivity index (χ4v) is 4.50. The van der Waals surface area contributed by atoms with E-state index in [-0.39, 0.29) is 35.9 Å². The van der Waals surface area contributed by atoms with Gasteiger partial charge in [-0.2, -0.15) is 13.8 Å². The molecule has 36 heavy (non-hydrogen) atoms. The van der Waals surface area contributed by atoms with Crippen LogP contribution in [0.2, 0.25) is 0 Å². The van der Waals surface area contributed by atoms with Crippen LogP contribution in [-0.4, -0.2) is 72.2 Å². The number of alkyl halides is 2. The Morgan fingerprint density at radius 2 is 2.06 bits per heavy atom. The number of ether oxygens (including phenoxy) is 1. The highest BCUT2D eigenvalue weighted by Gasteiger charge is 2.48. The summed E-state index contributed by atoms with van der Waals surface area (Å²) < 4.78 is 34.9. The predicted octanol–water partition coefficient (Wildman–Crippen LogP) is 2.70. The molecule has 2 amide bonds. The number of anilines is 4.